The number of rotatable bonds is 4. The van der Waals surface area contributed by atoms with E-state index in [1.165, 1.54) is 6.92 Å². The number of amides is 1. The third kappa shape index (κ3) is 4.18. The van der Waals surface area contributed by atoms with Crippen molar-refractivity contribution in [3.8, 4) is 6.01 Å². The van der Waals surface area contributed by atoms with Gasteiger partial charge in [-0.1, -0.05) is 23.7 Å². The molecular weight excluding hydrogens is 509 g/mol. The zero-order chi connectivity index (χ0) is 26.6. The van der Waals surface area contributed by atoms with E-state index >= 15 is 0 Å². The van der Waals surface area contributed by atoms with Crippen molar-refractivity contribution < 1.29 is 13.9 Å². The predicted octanol–water partition coefficient (Wildman–Crippen LogP) is 4.56. The maximum absolute atomic E-state index is 14.4. The molecule has 196 valence electrons. The molecular formula is C27H27ClFN7O2. The molecule has 1 atom stereocenters. The highest BCUT2D eigenvalue weighted by atomic mass is 35.5. The maximum atomic E-state index is 14.4. The third-order valence-corrected chi connectivity index (χ3v) is 7.57. The topological polar surface area (TPSA) is 88.4 Å². The third-order valence-electron chi connectivity index (χ3n) is 7.25. The van der Waals surface area contributed by atoms with E-state index < -0.39 is 5.95 Å². The van der Waals surface area contributed by atoms with Crippen molar-refractivity contribution in [1.29, 1.82) is 0 Å². The first kappa shape index (κ1) is 24.4. The second kappa shape index (κ2) is 9.43. The summed E-state index contributed by atoms with van der Waals surface area (Å²) in [6.07, 6.45) is 2.23. The standard InChI is InChI=1S/C27H27ClFN7O2/c1-15-11-35-14-30-25(29)23(35)13-36(15)26-19-7-8-34(12-21(19)32-27(33-26)38-3)22-10-18(31-16(2)37)9-17-5-4-6-20(28)24(17)22/h4-6,9-10,14-15H,7-8,11-13H2,1-3H3,(H,31,37). The number of carbonyl (C=O) groups is 1. The Kier molecular flexibility index (Phi) is 6.06. The minimum atomic E-state index is -0.453. The number of imidazole rings is 1. The molecule has 2 aromatic heterocycles. The van der Waals surface area contributed by atoms with Crippen LogP contribution in [0.5, 0.6) is 6.01 Å². The van der Waals surface area contributed by atoms with Gasteiger partial charge in [0.05, 0.1) is 42.9 Å². The van der Waals surface area contributed by atoms with Crippen LogP contribution in [0.1, 0.15) is 30.8 Å². The van der Waals surface area contributed by atoms with Gasteiger partial charge in [0.15, 0.2) is 0 Å². The number of carbonyl (C=O) groups excluding carboxylic acids is 1. The zero-order valence-corrected chi connectivity index (χ0v) is 22.1. The Labute approximate surface area is 224 Å². The normalized spacial score (nSPS) is 16.8. The maximum Gasteiger partial charge on any atom is 0.318 e. The fourth-order valence-electron chi connectivity index (χ4n) is 5.49. The van der Waals surface area contributed by atoms with Gasteiger partial charge in [0, 0.05) is 48.4 Å². The van der Waals surface area contributed by atoms with Crippen molar-refractivity contribution in [3.63, 3.8) is 0 Å². The van der Waals surface area contributed by atoms with Crippen molar-refractivity contribution in [1.82, 2.24) is 19.5 Å². The number of hydrogen-bond donors (Lipinski definition) is 1. The van der Waals surface area contributed by atoms with Crippen molar-refractivity contribution in [3.05, 3.63) is 64.6 Å². The minimum Gasteiger partial charge on any atom is -0.467 e. The number of nitrogens with zero attached hydrogens (tertiary/aromatic N) is 6. The summed E-state index contributed by atoms with van der Waals surface area (Å²) in [6, 6.07) is 9.98. The highest BCUT2D eigenvalue weighted by Gasteiger charge is 2.32. The SMILES string of the molecule is COc1nc2c(c(N3Cc4c(F)ncn4CC3C)n1)CCN(c1cc(NC(C)=O)cc3cccc(Cl)c13)C2. The first-order chi connectivity index (χ1) is 18.3. The summed E-state index contributed by atoms with van der Waals surface area (Å²) in [7, 11) is 1.55. The summed E-state index contributed by atoms with van der Waals surface area (Å²) in [4.78, 5) is 29.4. The number of fused-ring (bicyclic) bond motifs is 3. The van der Waals surface area contributed by atoms with E-state index in [9.17, 15) is 9.18 Å². The van der Waals surface area contributed by atoms with Gasteiger partial charge in [-0.05, 0) is 36.9 Å². The van der Waals surface area contributed by atoms with Crippen molar-refractivity contribution in [2.24, 2.45) is 0 Å². The number of halogens is 2. The summed E-state index contributed by atoms with van der Waals surface area (Å²) in [5.74, 6) is 0.170. The van der Waals surface area contributed by atoms with Crippen LogP contribution in [0.25, 0.3) is 10.8 Å². The summed E-state index contributed by atoms with van der Waals surface area (Å²) >= 11 is 6.67. The van der Waals surface area contributed by atoms with E-state index in [4.69, 9.17) is 26.3 Å². The molecule has 11 heteroatoms. The van der Waals surface area contributed by atoms with Crippen LogP contribution < -0.4 is 19.9 Å². The number of benzene rings is 2. The van der Waals surface area contributed by atoms with E-state index in [2.05, 4.69) is 27.0 Å². The number of ether oxygens (including phenoxy) is 1. The molecule has 2 aliphatic rings. The van der Waals surface area contributed by atoms with Crippen molar-refractivity contribution in [2.45, 2.75) is 45.9 Å². The molecule has 0 saturated carbocycles. The van der Waals surface area contributed by atoms with Crippen LogP contribution in [-0.2, 0) is 30.8 Å². The molecule has 4 aromatic rings. The van der Waals surface area contributed by atoms with Crippen LogP contribution in [0.4, 0.5) is 21.6 Å². The lowest BCUT2D eigenvalue weighted by atomic mass is 10.0. The molecule has 2 aliphatic heterocycles. The molecule has 38 heavy (non-hydrogen) atoms. The lowest BCUT2D eigenvalue weighted by Gasteiger charge is -2.38. The van der Waals surface area contributed by atoms with Gasteiger partial charge in [-0.2, -0.15) is 14.4 Å². The summed E-state index contributed by atoms with van der Waals surface area (Å²) in [5, 5.41) is 5.39. The van der Waals surface area contributed by atoms with Gasteiger partial charge < -0.3 is 24.4 Å². The average molecular weight is 536 g/mol. The average Bonchev–Trinajstić information content (AvgIpc) is 3.25. The molecule has 1 unspecified atom stereocenters. The first-order valence-electron chi connectivity index (χ1n) is 12.5. The fourth-order valence-corrected chi connectivity index (χ4v) is 5.77. The van der Waals surface area contributed by atoms with Gasteiger partial charge in [-0.25, -0.2) is 4.98 Å². The Bertz CT molecular complexity index is 1570. The quantitative estimate of drug-likeness (QED) is 0.410. The van der Waals surface area contributed by atoms with E-state index in [1.807, 2.05) is 34.9 Å². The van der Waals surface area contributed by atoms with Crippen LogP contribution in [-0.4, -0.2) is 45.1 Å². The number of methoxy groups -OCH3 is 1. The van der Waals surface area contributed by atoms with E-state index in [0.717, 1.165) is 33.5 Å². The number of hydrogen-bond acceptors (Lipinski definition) is 7. The monoisotopic (exact) mass is 535 g/mol. The van der Waals surface area contributed by atoms with E-state index in [-0.39, 0.29) is 18.0 Å². The second-order valence-electron chi connectivity index (χ2n) is 9.76. The van der Waals surface area contributed by atoms with Gasteiger partial charge in [-0.3, -0.25) is 4.79 Å². The number of nitrogens with one attached hydrogen (secondary N) is 1. The van der Waals surface area contributed by atoms with Gasteiger partial charge in [0.25, 0.3) is 0 Å². The largest absolute Gasteiger partial charge is 0.467 e. The summed E-state index contributed by atoms with van der Waals surface area (Å²) < 4.78 is 21.7. The van der Waals surface area contributed by atoms with E-state index in [1.54, 1.807) is 13.4 Å². The molecule has 0 aliphatic carbocycles. The predicted molar refractivity (Wildman–Crippen MR) is 144 cm³/mol. The number of aromatic nitrogens is 4. The molecule has 4 heterocycles. The smallest absolute Gasteiger partial charge is 0.318 e. The fraction of sp³-hybridized carbons (Fsp3) is 0.333. The highest BCUT2D eigenvalue weighted by molar-refractivity contribution is 6.36. The molecule has 0 saturated heterocycles. The lowest BCUT2D eigenvalue weighted by Crippen LogP contribution is -2.43. The van der Waals surface area contributed by atoms with Crippen LogP contribution in [0.2, 0.25) is 5.02 Å². The zero-order valence-electron chi connectivity index (χ0n) is 21.3. The van der Waals surface area contributed by atoms with Crippen molar-refractivity contribution >= 4 is 45.5 Å². The summed E-state index contributed by atoms with van der Waals surface area (Å²) in [6.45, 7) is 5.75. The van der Waals surface area contributed by atoms with Crippen LogP contribution in [0, 0.1) is 5.95 Å². The molecule has 0 bridgehead atoms. The highest BCUT2D eigenvalue weighted by Crippen LogP contribution is 2.39. The Balaban J connectivity index is 1.41. The van der Waals surface area contributed by atoms with Crippen LogP contribution >= 0.6 is 11.6 Å². The first-order valence-corrected chi connectivity index (χ1v) is 12.8. The van der Waals surface area contributed by atoms with Gasteiger partial charge >= 0.3 is 6.01 Å². The van der Waals surface area contributed by atoms with Crippen LogP contribution in [0.15, 0.2) is 36.7 Å². The Morgan fingerprint density at radius 3 is 2.87 bits per heavy atom. The van der Waals surface area contributed by atoms with Crippen LogP contribution in [0.3, 0.4) is 0 Å². The minimum absolute atomic E-state index is 0.0786. The molecule has 0 fully saturated rings. The molecule has 1 amide bonds. The molecule has 0 spiro atoms. The second-order valence-corrected chi connectivity index (χ2v) is 10.2. The Morgan fingerprint density at radius 1 is 1.24 bits per heavy atom. The van der Waals surface area contributed by atoms with Gasteiger partial charge in [0.1, 0.15) is 5.82 Å². The number of anilines is 3. The molecule has 1 N–H and O–H groups in total. The molecule has 2 aromatic carbocycles. The molecule has 9 nitrogen and oxygen atoms in total. The van der Waals surface area contributed by atoms with Gasteiger partial charge in [0.2, 0.25) is 11.9 Å². The Hall–Kier alpha value is -3.92. The lowest BCUT2D eigenvalue weighted by molar-refractivity contribution is -0.114. The molecule has 0 radical (unpaired) electrons. The van der Waals surface area contributed by atoms with Gasteiger partial charge in [-0.15, -0.1) is 0 Å². The molecule has 6 rings (SSSR count). The van der Waals surface area contributed by atoms with Crippen molar-refractivity contribution in [2.75, 3.05) is 28.8 Å². The summed E-state index contributed by atoms with van der Waals surface area (Å²) in [5.41, 5.74) is 4.03. The Morgan fingerprint density at radius 2 is 2.08 bits per heavy atom. The van der Waals surface area contributed by atoms with E-state index in [0.29, 0.717) is 49.0 Å².